The van der Waals surface area contributed by atoms with Crippen LogP contribution >= 0.6 is 0 Å². The van der Waals surface area contributed by atoms with E-state index in [0.717, 1.165) is 12.2 Å². The van der Waals surface area contributed by atoms with Crippen molar-refractivity contribution < 1.29 is 0 Å². The topological polar surface area (TPSA) is 55.0 Å². The van der Waals surface area contributed by atoms with E-state index in [9.17, 15) is 0 Å². The summed E-state index contributed by atoms with van der Waals surface area (Å²) < 4.78 is 0. The third-order valence-electron chi connectivity index (χ3n) is 2.76. The summed E-state index contributed by atoms with van der Waals surface area (Å²) in [4.78, 5) is 10.4. The van der Waals surface area contributed by atoms with Gasteiger partial charge in [-0.15, -0.1) is 0 Å². The molecule has 4 nitrogen and oxygen atoms in total. The summed E-state index contributed by atoms with van der Waals surface area (Å²) in [7, 11) is 0. The average Bonchev–Trinajstić information content (AvgIpc) is 2.16. The van der Waals surface area contributed by atoms with Crippen LogP contribution in [0.1, 0.15) is 19.3 Å². The molecule has 1 heterocycles. The molecule has 0 aromatic carbocycles. The number of rotatable bonds is 4. The summed E-state index contributed by atoms with van der Waals surface area (Å²) in [5, 5.41) is 0. The van der Waals surface area contributed by atoms with Gasteiger partial charge in [0.1, 0.15) is 6.33 Å². The van der Waals surface area contributed by atoms with Gasteiger partial charge in [-0.2, -0.15) is 0 Å². The van der Waals surface area contributed by atoms with E-state index in [1.54, 1.807) is 6.33 Å². The molecular formula is C10H16N4. The molecule has 1 aromatic rings. The largest absolute Gasteiger partial charge is 0.365 e. The highest BCUT2D eigenvalue weighted by Gasteiger charge is 2.24. The first kappa shape index (κ1) is 9.40. The van der Waals surface area contributed by atoms with Crippen molar-refractivity contribution in [3.63, 3.8) is 0 Å². The summed E-state index contributed by atoms with van der Waals surface area (Å²) >= 11 is 0. The molecule has 0 aliphatic heterocycles. The lowest BCUT2D eigenvalue weighted by atomic mass is 9.91. The van der Waals surface area contributed by atoms with Crippen LogP contribution in [-0.4, -0.2) is 29.1 Å². The smallest absolute Gasteiger partial charge is 0.115 e. The second-order valence-corrected chi connectivity index (χ2v) is 3.66. The number of nitrogens with two attached hydrogens (primary N) is 1. The molecule has 0 saturated heterocycles. The third-order valence-corrected chi connectivity index (χ3v) is 2.76. The number of aromatic nitrogens is 2. The zero-order chi connectivity index (χ0) is 9.80. The van der Waals surface area contributed by atoms with Crippen molar-refractivity contribution >= 4 is 5.69 Å². The van der Waals surface area contributed by atoms with Gasteiger partial charge >= 0.3 is 0 Å². The molecule has 14 heavy (non-hydrogen) atoms. The molecule has 1 saturated carbocycles. The lowest BCUT2D eigenvalue weighted by molar-refractivity contribution is 0.387. The highest BCUT2D eigenvalue weighted by molar-refractivity contribution is 5.43. The lowest BCUT2D eigenvalue weighted by Crippen LogP contribution is -2.43. The Morgan fingerprint density at radius 2 is 2.07 bits per heavy atom. The maximum atomic E-state index is 5.60. The number of anilines is 1. The molecule has 0 unspecified atom stereocenters. The summed E-state index contributed by atoms with van der Waals surface area (Å²) in [5.41, 5.74) is 6.70. The second kappa shape index (κ2) is 4.37. The second-order valence-electron chi connectivity index (χ2n) is 3.66. The summed E-state index contributed by atoms with van der Waals surface area (Å²) in [6.45, 7) is 1.59. The number of hydrogen-bond donors (Lipinski definition) is 1. The molecule has 0 spiro atoms. The van der Waals surface area contributed by atoms with Crippen molar-refractivity contribution in [1.29, 1.82) is 0 Å². The Hall–Kier alpha value is -1.16. The Balaban J connectivity index is 2.09. The predicted octanol–water partition coefficient (Wildman–Crippen LogP) is 0.794. The average molecular weight is 192 g/mol. The summed E-state index contributed by atoms with van der Waals surface area (Å²) in [6.07, 6.45) is 9.16. The van der Waals surface area contributed by atoms with Crippen LogP contribution in [0.4, 0.5) is 5.69 Å². The van der Waals surface area contributed by atoms with Gasteiger partial charge in [0.05, 0.1) is 18.1 Å². The molecule has 0 atom stereocenters. The highest BCUT2D eigenvalue weighted by atomic mass is 15.2. The van der Waals surface area contributed by atoms with Gasteiger partial charge in [-0.05, 0) is 19.3 Å². The quantitative estimate of drug-likeness (QED) is 0.766. The van der Waals surface area contributed by atoms with Crippen LogP contribution in [0.25, 0.3) is 0 Å². The minimum atomic E-state index is 0.657. The molecular weight excluding hydrogens is 176 g/mol. The van der Waals surface area contributed by atoms with Crippen molar-refractivity contribution in [2.24, 2.45) is 5.73 Å². The van der Waals surface area contributed by atoms with E-state index < -0.39 is 0 Å². The zero-order valence-corrected chi connectivity index (χ0v) is 8.26. The van der Waals surface area contributed by atoms with Gasteiger partial charge in [0.2, 0.25) is 0 Å². The monoisotopic (exact) mass is 192 g/mol. The van der Waals surface area contributed by atoms with Crippen LogP contribution < -0.4 is 10.6 Å². The maximum Gasteiger partial charge on any atom is 0.115 e. The fourth-order valence-electron chi connectivity index (χ4n) is 1.80. The standard InChI is InChI=1S/C10H16N4/c11-4-5-14(9-2-1-3-9)10-6-12-8-13-7-10/h6-9H,1-5,11H2. The van der Waals surface area contributed by atoms with E-state index in [2.05, 4.69) is 14.9 Å². The molecule has 1 aromatic heterocycles. The Morgan fingerprint density at radius 3 is 2.57 bits per heavy atom. The first-order chi connectivity index (χ1) is 6.92. The van der Waals surface area contributed by atoms with E-state index >= 15 is 0 Å². The van der Waals surface area contributed by atoms with Gasteiger partial charge in [-0.1, -0.05) is 0 Å². The summed E-state index contributed by atoms with van der Waals surface area (Å²) in [6, 6.07) is 0.657. The zero-order valence-electron chi connectivity index (χ0n) is 8.26. The van der Waals surface area contributed by atoms with Gasteiger partial charge in [-0.3, -0.25) is 0 Å². The SMILES string of the molecule is NCCN(c1cncnc1)C1CCC1. The fraction of sp³-hybridized carbons (Fsp3) is 0.600. The van der Waals surface area contributed by atoms with Crippen LogP contribution in [-0.2, 0) is 0 Å². The maximum absolute atomic E-state index is 5.60. The molecule has 76 valence electrons. The predicted molar refractivity (Wildman–Crippen MR) is 56.1 cm³/mol. The molecule has 2 N–H and O–H groups in total. The normalized spacial score (nSPS) is 16.4. The van der Waals surface area contributed by atoms with Crippen molar-refractivity contribution in [2.45, 2.75) is 25.3 Å². The molecule has 1 fully saturated rings. The van der Waals surface area contributed by atoms with Crippen LogP contribution in [0, 0.1) is 0 Å². The van der Waals surface area contributed by atoms with Crippen LogP contribution in [0.2, 0.25) is 0 Å². The van der Waals surface area contributed by atoms with E-state index in [4.69, 9.17) is 5.73 Å². The highest BCUT2D eigenvalue weighted by Crippen LogP contribution is 2.28. The van der Waals surface area contributed by atoms with Gasteiger partial charge in [0, 0.05) is 19.1 Å². The van der Waals surface area contributed by atoms with Gasteiger partial charge < -0.3 is 10.6 Å². The minimum Gasteiger partial charge on any atom is -0.365 e. The van der Waals surface area contributed by atoms with Crippen molar-refractivity contribution in [1.82, 2.24) is 9.97 Å². The molecule has 1 aliphatic rings. The van der Waals surface area contributed by atoms with Gasteiger partial charge in [0.25, 0.3) is 0 Å². The first-order valence-corrected chi connectivity index (χ1v) is 5.13. The first-order valence-electron chi connectivity index (χ1n) is 5.13. The Morgan fingerprint density at radius 1 is 1.36 bits per heavy atom. The molecule has 0 radical (unpaired) electrons. The minimum absolute atomic E-state index is 0.657. The Kier molecular flexibility index (Phi) is 2.93. The van der Waals surface area contributed by atoms with E-state index in [-0.39, 0.29) is 0 Å². The van der Waals surface area contributed by atoms with E-state index in [1.807, 2.05) is 12.4 Å². The molecule has 0 bridgehead atoms. The Labute approximate surface area is 84.2 Å². The third kappa shape index (κ3) is 1.85. The van der Waals surface area contributed by atoms with Crippen molar-refractivity contribution in [3.05, 3.63) is 18.7 Å². The fourth-order valence-corrected chi connectivity index (χ4v) is 1.80. The Bertz CT molecular complexity index is 271. The molecule has 0 amide bonds. The molecule has 1 aliphatic carbocycles. The number of nitrogens with zero attached hydrogens (tertiary/aromatic N) is 3. The van der Waals surface area contributed by atoms with Crippen LogP contribution in [0.3, 0.4) is 0 Å². The van der Waals surface area contributed by atoms with Crippen LogP contribution in [0.5, 0.6) is 0 Å². The summed E-state index contributed by atoms with van der Waals surface area (Å²) in [5.74, 6) is 0. The van der Waals surface area contributed by atoms with Gasteiger partial charge in [-0.25, -0.2) is 9.97 Å². The van der Waals surface area contributed by atoms with Crippen molar-refractivity contribution in [2.75, 3.05) is 18.0 Å². The number of hydrogen-bond acceptors (Lipinski definition) is 4. The van der Waals surface area contributed by atoms with Gasteiger partial charge in [0.15, 0.2) is 0 Å². The van der Waals surface area contributed by atoms with E-state index in [1.165, 1.54) is 19.3 Å². The van der Waals surface area contributed by atoms with Crippen molar-refractivity contribution in [3.8, 4) is 0 Å². The lowest BCUT2D eigenvalue weighted by Gasteiger charge is -2.38. The molecule has 4 heteroatoms. The molecule has 2 rings (SSSR count). The van der Waals surface area contributed by atoms with Crippen LogP contribution in [0.15, 0.2) is 18.7 Å². The van der Waals surface area contributed by atoms with E-state index in [0.29, 0.717) is 12.6 Å².